The number of methoxy groups -OCH3 is 1. The molecule has 3 rings (SSSR count). The zero-order valence-electron chi connectivity index (χ0n) is 13.9. The molecule has 1 N–H and O–H groups in total. The number of benzene rings is 2. The standard InChI is InChI=1S/C19H18ClN3O2/c1-23-12-11-21-18(23)17(13-3-7-15(20)8-4-13)22-19(24)14-5-9-16(25-2)10-6-14/h3-12,17H,1-2H3,(H,22,24). The maximum absolute atomic E-state index is 12.7. The van der Waals surface area contributed by atoms with Crippen LogP contribution in [0.4, 0.5) is 0 Å². The molecule has 0 radical (unpaired) electrons. The Morgan fingerprint density at radius 1 is 1.16 bits per heavy atom. The largest absolute Gasteiger partial charge is 0.497 e. The van der Waals surface area contributed by atoms with Gasteiger partial charge in [0.2, 0.25) is 0 Å². The van der Waals surface area contributed by atoms with Gasteiger partial charge >= 0.3 is 0 Å². The van der Waals surface area contributed by atoms with Gasteiger partial charge in [-0.15, -0.1) is 0 Å². The van der Waals surface area contributed by atoms with Crippen LogP contribution in [0.3, 0.4) is 0 Å². The summed E-state index contributed by atoms with van der Waals surface area (Å²) in [4.78, 5) is 17.1. The summed E-state index contributed by atoms with van der Waals surface area (Å²) in [6.45, 7) is 0. The van der Waals surface area contributed by atoms with Crippen LogP contribution in [0.25, 0.3) is 0 Å². The Morgan fingerprint density at radius 3 is 2.40 bits per heavy atom. The van der Waals surface area contributed by atoms with Gasteiger partial charge in [-0.05, 0) is 42.0 Å². The van der Waals surface area contributed by atoms with Crippen molar-refractivity contribution >= 4 is 17.5 Å². The first-order valence-corrected chi connectivity index (χ1v) is 8.14. The lowest BCUT2D eigenvalue weighted by molar-refractivity contribution is 0.0941. The maximum Gasteiger partial charge on any atom is 0.252 e. The summed E-state index contributed by atoms with van der Waals surface area (Å²) in [5, 5.41) is 3.69. The van der Waals surface area contributed by atoms with Crippen molar-refractivity contribution in [2.45, 2.75) is 6.04 Å². The normalized spacial score (nSPS) is 11.8. The van der Waals surface area contributed by atoms with Crippen molar-refractivity contribution in [1.29, 1.82) is 0 Å². The summed E-state index contributed by atoms with van der Waals surface area (Å²) in [6.07, 6.45) is 3.55. The Kier molecular flexibility index (Phi) is 5.05. The molecule has 1 amide bonds. The van der Waals surface area contributed by atoms with Gasteiger partial charge in [0.05, 0.1) is 7.11 Å². The van der Waals surface area contributed by atoms with Crippen molar-refractivity contribution in [2.24, 2.45) is 7.05 Å². The third-order valence-electron chi connectivity index (χ3n) is 3.95. The fourth-order valence-corrected chi connectivity index (χ4v) is 2.69. The van der Waals surface area contributed by atoms with Crippen LogP contribution < -0.4 is 10.1 Å². The molecule has 0 saturated carbocycles. The lowest BCUT2D eigenvalue weighted by atomic mass is 10.1. The van der Waals surface area contributed by atoms with Gasteiger partial charge < -0.3 is 14.6 Å². The van der Waals surface area contributed by atoms with E-state index in [2.05, 4.69) is 10.3 Å². The fourth-order valence-electron chi connectivity index (χ4n) is 2.56. The Labute approximate surface area is 151 Å². The number of rotatable bonds is 5. The molecule has 1 unspecified atom stereocenters. The fraction of sp³-hybridized carbons (Fsp3) is 0.158. The number of amides is 1. The minimum atomic E-state index is -0.383. The Balaban J connectivity index is 1.90. The molecule has 3 aromatic rings. The van der Waals surface area contributed by atoms with E-state index in [1.54, 1.807) is 49.7 Å². The molecular weight excluding hydrogens is 338 g/mol. The quantitative estimate of drug-likeness (QED) is 0.760. The van der Waals surface area contributed by atoms with E-state index in [0.29, 0.717) is 16.3 Å². The molecule has 0 aliphatic carbocycles. The second-order valence-electron chi connectivity index (χ2n) is 5.58. The number of aryl methyl sites for hydroxylation is 1. The smallest absolute Gasteiger partial charge is 0.252 e. The molecule has 25 heavy (non-hydrogen) atoms. The minimum Gasteiger partial charge on any atom is -0.497 e. The topological polar surface area (TPSA) is 56.1 Å². The maximum atomic E-state index is 12.7. The summed E-state index contributed by atoms with van der Waals surface area (Å²) in [6, 6.07) is 14.0. The molecule has 1 heterocycles. The molecule has 1 aromatic heterocycles. The van der Waals surface area contributed by atoms with Crippen LogP contribution in [0.2, 0.25) is 5.02 Å². The summed E-state index contributed by atoms with van der Waals surface area (Å²) >= 11 is 5.98. The number of carbonyl (C=O) groups is 1. The molecule has 0 fully saturated rings. The Morgan fingerprint density at radius 2 is 1.84 bits per heavy atom. The highest BCUT2D eigenvalue weighted by Crippen LogP contribution is 2.23. The lowest BCUT2D eigenvalue weighted by Crippen LogP contribution is -2.31. The number of nitrogens with one attached hydrogen (secondary N) is 1. The van der Waals surface area contributed by atoms with Crippen LogP contribution in [-0.4, -0.2) is 22.6 Å². The molecule has 2 aromatic carbocycles. The third kappa shape index (κ3) is 3.83. The van der Waals surface area contributed by atoms with E-state index in [1.165, 1.54) is 0 Å². The lowest BCUT2D eigenvalue weighted by Gasteiger charge is -2.19. The van der Waals surface area contributed by atoms with Gasteiger partial charge in [0.25, 0.3) is 5.91 Å². The van der Waals surface area contributed by atoms with Crippen LogP contribution >= 0.6 is 11.6 Å². The number of hydrogen-bond acceptors (Lipinski definition) is 3. The molecule has 6 heteroatoms. The SMILES string of the molecule is COc1ccc(C(=O)NC(c2ccc(Cl)cc2)c2nccn2C)cc1. The highest BCUT2D eigenvalue weighted by Gasteiger charge is 2.21. The highest BCUT2D eigenvalue weighted by molar-refractivity contribution is 6.30. The van der Waals surface area contributed by atoms with E-state index >= 15 is 0 Å². The van der Waals surface area contributed by atoms with Crippen LogP contribution in [0.15, 0.2) is 60.9 Å². The third-order valence-corrected chi connectivity index (χ3v) is 4.20. The first-order chi connectivity index (χ1) is 12.1. The molecule has 0 aliphatic rings. The molecule has 0 saturated heterocycles. The average Bonchev–Trinajstić information content (AvgIpc) is 3.06. The number of carbonyl (C=O) groups excluding carboxylic acids is 1. The van der Waals surface area contributed by atoms with Gasteiger partial charge in [0.1, 0.15) is 17.6 Å². The van der Waals surface area contributed by atoms with Gasteiger partial charge in [0, 0.05) is 30.0 Å². The second kappa shape index (κ2) is 7.40. The Bertz CT molecular complexity index is 857. The Hall–Kier alpha value is -2.79. The van der Waals surface area contributed by atoms with Crippen molar-refractivity contribution in [3.8, 4) is 5.75 Å². The summed E-state index contributed by atoms with van der Waals surface area (Å²) in [7, 11) is 3.48. The summed E-state index contributed by atoms with van der Waals surface area (Å²) in [5.74, 6) is 1.25. The number of nitrogens with zero attached hydrogens (tertiary/aromatic N) is 2. The van der Waals surface area contributed by atoms with E-state index < -0.39 is 0 Å². The predicted octanol–water partition coefficient (Wildman–Crippen LogP) is 3.60. The number of aromatic nitrogens is 2. The first kappa shape index (κ1) is 17.0. The highest BCUT2D eigenvalue weighted by atomic mass is 35.5. The van der Waals surface area contributed by atoms with Crippen molar-refractivity contribution in [2.75, 3.05) is 7.11 Å². The number of halogens is 1. The number of hydrogen-bond donors (Lipinski definition) is 1. The zero-order chi connectivity index (χ0) is 17.8. The van der Waals surface area contributed by atoms with Crippen LogP contribution in [0.1, 0.15) is 27.8 Å². The molecular formula is C19H18ClN3O2. The van der Waals surface area contributed by atoms with Crippen molar-refractivity contribution in [3.05, 3.63) is 82.9 Å². The summed E-state index contributed by atoms with van der Waals surface area (Å²) in [5.41, 5.74) is 1.45. The van der Waals surface area contributed by atoms with Crippen molar-refractivity contribution in [3.63, 3.8) is 0 Å². The molecule has 128 valence electrons. The van der Waals surface area contributed by atoms with Gasteiger partial charge in [-0.3, -0.25) is 4.79 Å². The molecule has 0 aliphatic heterocycles. The first-order valence-electron chi connectivity index (χ1n) is 7.76. The predicted molar refractivity (Wildman–Crippen MR) is 97.0 cm³/mol. The minimum absolute atomic E-state index is 0.189. The van der Waals surface area contributed by atoms with E-state index in [-0.39, 0.29) is 11.9 Å². The van der Waals surface area contributed by atoms with Crippen molar-refractivity contribution < 1.29 is 9.53 Å². The molecule has 0 spiro atoms. The van der Waals surface area contributed by atoms with Crippen LogP contribution in [-0.2, 0) is 7.05 Å². The van der Waals surface area contributed by atoms with Crippen molar-refractivity contribution in [1.82, 2.24) is 14.9 Å². The number of imidazole rings is 1. The number of ether oxygens (including phenoxy) is 1. The molecule has 5 nitrogen and oxygen atoms in total. The van der Waals surface area contributed by atoms with E-state index in [9.17, 15) is 4.79 Å². The van der Waals surface area contributed by atoms with Crippen LogP contribution in [0.5, 0.6) is 5.75 Å². The van der Waals surface area contributed by atoms with Gasteiger partial charge in [-0.2, -0.15) is 0 Å². The second-order valence-corrected chi connectivity index (χ2v) is 6.02. The average molecular weight is 356 g/mol. The van der Waals surface area contributed by atoms with E-state index in [1.807, 2.05) is 29.9 Å². The summed E-state index contributed by atoms with van der Waals surface area (Å²) < 4.78 is 7.01. The van der Waals surface area contributed by atoms with Gasteiger partial charge in [0.15, 0.2) is 0 Å². The molecule has 1 atom stereocenters. The van der Waals surface area contributed by atoms with E-state index in [0.717, 1.165) is 11.4 Å². The zero-order valence-corrected chi connectivity index (χ0v) is 14.7. The van der Waals surface area contributed by atoms with E-state index in [4.69, 9.17) is 16.3 Å². The van der Waals surface area contributed by atoms with Gasteiger partial charge in [-0.1, -0.05) is 23.7 Å². The van der Waals surface area contributed by atoms with Gasteiger partial charge in [-0.25, -0.2) is 4.98 Å². The molecule has 0 bridgehead atoms. The monoisotopic (exact) mass is 355 g/mol. The van der Waals surface area contributed by atoms with Crippen LogP contribution in [0, 0.1) is 0 Å².